The summed E-state index contributed by atoms with van der Waals surface area (Å²) in [6, 6.07) is 7.96. The van der Waals surface area contributed by atoms with Crippen molar-refractivity contribution in [3.63, 3.8) is 0 Å². The third kappa shape index (κ3) is 2.18. The standard InChI is InChI=1S/C16H17N3O2/c20-16(19-8-7-12-13(9-19)18-10-17-12)15-6-5-11-3-1-2-4-14(11)21-15/h1-4,10,15H,5-9H2,(H,17,18)/t15-/m0/s1. The van der Waals surface area contributed by atoms with Crippen LogP contribution < -0.4 is 4.74 Å². The highest BCUT2D eigenvalue weighted by Crippen LogP contribution is 2.28. The predicted octanol–water partition coefficient (Wildman–Crippen LogP) is 1.69. The van der Waals surface area contributed by atoms with Crippen molar-refractivity contribution in [1.82, 2.24) is 14.9 Å². The Balaban J connectivity index is 1.49. The first-order valence-corrected chi connectivity index (χ1v) is 7.36. The zero-order chi connectivity index (χ0) is 14.2. The van der Waals surface area contributed by atoms with Gasteiger partial charge < -0.3 is 14.6 Å². The number of amides is 1. The highest BCUT2D eigenvalue weighted by atomic mass is 16.5. The minimum Gasteiger partial charge on any atom is -0.480 e. The van der Waals surface area contributed by atoms with Crippen LogP contribution in [0.4, 0.5) is 0 Å². The number of aromatic nitrogens is 2. The molecule has 5 heteroatoms. The molecule has 0 bridgehead atoms. The molecule has 1 aromatic heterocycles. The Morgan fingerprint density at radius 1 is 1.33 bits per heavy atom. The van der Waals surface area contributed by atoms with Gasteiger partial charge in [-0.3, -0.25) is 4.79 Å². The molecule has 4 rings (SSSR count). The van der Waals surface area contributed by atoms with Crippen LogP contribution in [0.15, 0.2) is 30.6 Å². The van der Waals surface area contributed by atoms with Crippen molar-refractivity contribution in [2.75, 3.05) is 6.54 Å². The Morgan fingerprint density at radius 2 is 2.24 bits per heavy atom. The summed E-state index contributed by atoms with van der Waals surface area (Å²) in [5, 5.41) is 0. The molecule has 1 N–H and O–H groups in total. The van der Waals surface area contributed by atoms with Crippen LogP contribution in [-0.4, -0.2) is 33.4 Å². The number of aromatic amines is 1. The normalized spacial score (nSPS) is 20.4. The smallest absolute Gasteiger partial charge is 0.264 e. The number of hydrogen-bond acceptors (Lipinski definition) is 3. The maximum absolute atomic E-state index is 12.7. The molecule has 5 nitrogen and oxygen atoms in total. The lowest BCUT2D eigenvalue weighted by Crippen LogP contribution is -2.45. The number of rotatable bonds is 1. The van der Waals surface area contributed by atoms with Crippen molar-refractivity contribution in [2.45, 2.75) is 31.9 Å². The molecule has 0 radical (unpaired) electrons. The number of fused-ring (bicyclic) bond motifs is 2. The average Bonchev–Trinajstić information content (AvgIpc) is 3.01. The number of aryl methyl sites for hydroxylation is 1. The molecule has 0 aliphatic carbocycles. The van der Waals surface area contributed by atoms with Gasteiger partial charge in [-0.05, 0) is 24.5 Å². The third-order valence-electron chi connectivity index (χ3n) is 4.28. The number of nitrogens with one attached hydrogen (secondary N) is 1. The molecule has 108 valence electrons. The van der Waals surface area contributed by atoms with Gasteiger partial charge in [0, 0.05) is 13.0 Å². The zero-order valence-electron chi connectivity index (χ0n) is 11.7. The van der Waals surface area contributed by atoms with Gasteiger partial charge in [-0.15, -0.1) is 0 Å². The quantitative estimate of drug-likeness (QED) is 0.866. The summed E-state index contributed by atoms with van der Waals surface area (Å²) < 4.78 is 5.90. The maximum atomic E-state index is 12.7. The number of para-hydroxylation sites is 1. The number of carbonyl (C=O) groups excluding carboxylic acids is 1. The van der Waals surface area contributed by atoms with Crippen LogP contribution in [0, 0.1) is 0 Å². The number of benzene rings is 1. The van der Waals surface area contributed by atoms with Crippen LogP contribution >= 0.6 is 0 Å². The molecule has 0 saturated heterocycles. The van der Waals surface area contributed by atoms with E-state index in [4.69, 9.17) is 4.74 Å². The summed E-state index contributed by atoms with van der Waals surface area (Å²) >= 11 is 0. The van der Waals surface area contributed by atoms with Gasteiger partial charge >= 0.3 is 0 Å². The van der Waals surface area contributed by atoms with Gasteiger partial charge in [-0.2, -0.15) is 0 Å². The van der Waals surface area contributed by atoms with Crippen molar-refractivity contribution in [3.8, 4) is 5.75 Å². The first-order valence-electron chi connectivity index (χ1n) is 7.36. The van der Waals surface area contributed by atoms with Gasteiger partial charge in [0.2, 0.25) is 0 Å². The fourth-order valence-electron chi connectivity index (χ4n) is 3.10. The van der Waals surface area contributed by atoms with Gasteiger partial charge in [0.05, 0.1) is 24.3 Å². The summed E-state index contributed by atoms with van der Waals surface area (Å²) in [6.45, 7) is 1.33. The zero-order valence-corrected chi connectivity index (χ0v) is 11.7. The molecular weight excluding hydrogens is 266 g/mol. The Kier molecular flexibility index (Phi) is 2.91. The second-order valence-electron chi connectivity index (χ2n) is 5.59. The molecule has 3 heterocycles. The van der Waals surface area contributed by atoms with E-state index in [1.807, 2.05) is 23.1 Å². The first kappa shape index (κ1) is 12.4. The fourth-order valence-corrected chi connectivity index (χ4v) is 3.10. The van der Waals surface area contributed by atoms with Crippen molar-refractivity contribution in [2.24, 2.45) is 0 Å². The van der Waals surface area contributed by atoms with E-state index < -0.39 is 0 Å². The second kappa shape index (κ2) is 4.91. The maximum Gasteiger partial charge on any atom is 0.264 e. The van der Waals surface area contributed by atoms with Gasteiger partial charge in [0.25, 0.3) is 5.91 Å². The number of hydrogen-bond donors (Lipinski definition) is 1. The molecule has 0 spiro atoms. The number of imidazole rings is 1. The van der Waals surface area contributed by atoms with E-state index >= 15 is 0 Å². The topological polar surface area (TPSA) is 58.2 Å². The average molecular weight is 283 g/mol. The number of H-pyrrole nitrogens is 1. The van der Waals surface area contributed by atoms with Crippen LogP contribution in [0.2, 0.25) is 0 Å². The number of nitrogens with zero attached hydrogens (tertiary/aromatic N) is 2. The van der Waals surface area contributed by atoms with E-state index in [1.165, 1.54) is 5.56 Å². The Bertz CT molecular complexity index is 680. The van der Waals surface area contributed by atoms with E-state index in [2.05, 4.69) is 16.0 Å². The fraction of sp³-hybridized carbons (Fsp3) is 0.375. The molecule has 0 unspecified atom stereocenters. The lowest BCUT2D eigenvalue weighted by Gasteiger charge is -2.32. The van der Waals surface area contributed by atoms with E-state index in [9.17, 15) is 4.79 Å². The molecule has 21 heavy (non-hydrogen) atoms. The largest absolute Gasteiger partial charge is 0.480 e. The summed E-state index contributed by atoms with van der Waals surface area (Å²) in [5.74, 6) is 0.936. The van der Waals surface area contributed by atoms with Gasteiger partial charge in [-0.1, -0.05) is 18.2 Å². The van der Waals surface area contributed by atoms with Gasteiger partial charge in [0.15, 0.2) is 6.10 Å². The molecule has 0 fully saturated rings. The minimum atomic E-state index is -0.357. The molecule has 1 amide bonds. The second-order valence-corrected chi connectivity index (χ2v) is 5.59. The summed E-state index contributed by atoms with van der Waals surface area (Å²) in [7, 11) is 0. The van der Waals surface area contributed by atoms with Crippen LogP contribution in [0.3, 0.4) is 0 Å². The summed E-state index contributed by atoms with van der Waals surface area (Å²) in [6.07, 6.45) is 3.81. The minimum absolute atomic E-state index is 0.0877. The van der Waals surface area contributed by atoms with E-state index in [-0.39, 0.29) is 12.0 Å². The summed E-state index contributed by atoms with van der Waals surface area (Å²) in [5.41, 5.74) is 3.32. The van der Waals surface area contributed by atoms with E-state index in [0.29, 0.717) is 6.54 Å². The number of carbonyl (C=O) groups is 1. The van der Waals surface area contributed by atoms with Crippen molar-refractivity contribution in [3.05, 3.63) is 47.5 Å². The predicted molar refractivity (Wildman–Crippen MR) is 76.9 cm³/mol. The van der Waals surface area contributed by atoms with Crippen molar-refractivity contribution >= 4 is 5.91 Å². The van der Waals surface area contributed by atoms with E-state index in [0.717, 1.165) is 42.9 Å². The third-order valence-corrected chi connectivity index (χ3v) is 4.28. The van der Waals surface area contributed by atoms with E-state index in [1.54, 1.807) is 6.33 Å². The highest BCUT2D eigenvalue weighted by Gasteiger charge is 2.32. The lowest BCUT2D eigenvalue weighted by molar-refractivity contribution is -0.140. The Labute approximate surface area is 122 Å². The SMILES string of the molecule is O=C([C@@H]1CCc2ccccc2O1)N1CCc2nc[nH]c2C1. The molecule has 2 aromatic rings. The van der Waals surface area contributed by atoms with Gasteiger partial charge in [0.1, 0.15) is 5.75 Å². The van der Waals surface area contributed by atoms with Crippen LogP contribution in [0.25, 0.3) is 0 Å². The van der Waals surface area contributed by atoms with Crippen molar-refractivity contribution < 1.29 is 9.53 Å². The monoisotopic (exact) mass is 283 g/mol. The molecule has 1 aromatic carbocycles. The Hall–Kier alpha value is -2.30. The molecule has 0 saturated carbocycles. The summed E-state index contributed by atoms with van der Waals surface area (Å²) in [4.78, 5) is 21.9. The lowest BCUT2D eigenvalue weighted by atomic mass is 10.0. The highest BCUT2D eigenvalue weighted by molar-refractivity contribution is 5.82. The van der Waals surface area contributed by atoms with Gasteiger partial charge in [-0.25, -0.2) is 4.98 Å². The number of ether oxygens (including phenoxy) is 1. The van der Waals surface area contributed by atoms with Crippen LogP contribution in [-0.2, 0) is 24.2 Å². The van der Waals surface area contributed by atoms with Crippen LogP contribution in [0.1, 0.15) is 23.4 Å². The molecule has 1 atom stereocenters. The first-order chi connectivity index (χ1) is 10.3. The van der Waals surface area contributed by atoms with Crippen molar-refractivity contribution in [1.29, 1.82) is 0 Å². The van der Waals surface area contributed by atoms with Crippen LogP contribution in [0.5, 0.6) is 5.75 Å². The molecular formula is C16H17N3O2. The Morgan fingerprint density at radius 3 is 3.19 bits per heavy atom. The molecule has 2 aliphatic heterocycles. The molecule has 2 aliphatic rings.